The summed E-state index contributed by atoms with van der Waals surface area (Å²) in [5, 5.41) is 13.3. The molecule has 2 aromatic carbocycles. The molecule has 0 spiro atoms. The molecule has 5 nitrogen and oxygen atoms in total. The van der Waals surface area contributed by atoms with E-state index < -0.39 is 0 Å². The Kier molecular flexibility index (Phi) is 8.54. The second kappa shape index (κ2) is 10.1. The molecule has 2 aromatic rings. The number of hydrogen-bond donors (Lipinski definition) is 3. The quantitative estimate of drug-likeness (QED) is 0.349. The number of aryl methyl sites for hydroxylation is 2. The highest BCUT2D eigenvalue weighted by molar-refractivity contribution is 14.0. The lowest BCUT2D eigenvalue weighted by molar-refractivity contribution is 0.370. The summed E-state index contributed by atoms with van der Waals surface area (Å²) in [6, 6.07) is 11.5. The molecule has 0 atom stereocenters. The molecule has 0 aromatic heterocycles. The molecule has 0 heterocycles. The van der Waals surface area contributed by atoms with E-state index in [9.17, 15) is 5.11 Å². The number of rotatable bonds is 6. The number of nitrogens with zero attached hydrogens (tertiary/aromatic N) is 1. The first kappa shape index (κ1) is 21.1. The number of anilines is 1. The molecular weight excluding hydrogens is 429 g/mol. The van der Waals surface area contributed by atoms with Gasteiger partial charge in [0, 0.05) is 11.3 Å². The maximum Gasteiger partial charge on any atom is 0.193 e. The minimum atomic E-state index is 0. The summed E-state index contributed by atoms with van der Waals surface area (Å²) in [6.45, 7) is 4.50. The van der Waals surface area contributed by atoms with Crippen LogP contribution in [-0.4, -0.2) is 18.2 Å². The van der Waals surface area contributed by atoms with Crippen LogP contribution < -0.4 is 15.8 Å². The number of aromatic hydroxyl groups is 1. The van der Waals surface area contributed by atoms with Gasteiger partial charge in [0.1, 0.15) is 0 Å². The number of para-hydroxylation sites is 2. The van der Waals surface area contributed by atoms with Crippen molar-refractivity contribution in [1.29, 1.82) is 0 Å². The molecule has 4 N–H and O–H groups in total. The first-order chi connectivity index (χ1) is 11.6. The third-order valence-corrected chi connectivity index (χ3v) is 3.97. The van der Waals surface area contributed by atoms with Crippen LogP contribution >= 0.6 is 24.0 Å². The molecule has 136 valence electrons. The van der Waals surface area contributed by atoms with Gasteiger partial charge in [0.15, 0.2) is 17.5 Å². The number of hydrogen-bond acceptors (Lipinski definition) is 3. The van der Waals surface area contributed by atoms with E-state index in [-0.39, 0.29) is 36.3 Å². The van der Waals surface area contributed by atoms with Gasteiger partial charge in [-0.1, -0.05) is 44.2 Å². The van der Waals surface area contributed by atoms with E-state index >= 15 is 0 Å². The minimum absolute atomic E-state index is 0. The van der Waals surface area contributed by atoms with Gasteiger partial charge in [-0.3, -0.25) is 0 Å². The van der Waals surface area contributed by atoms with E-state index in [0.717, 1.165) is 18.5 Å². The highest BCUT2D eigenvalue weighted by Crippen LogP contribution is 2.29. The average Bonchev–Trinajstić information content (AvgIpc) is 2.61. The highest BCUT2D eigenvalue weighted by atomic mass is 127. The van der Waals surface area contributed by atoms with Gasteiger partial charge in [-0.05, 0) is 30.0 Å². The number of methoxy groups -OCH3 is 1. The number of nitrogens with one attached hydrogen (secondary N) is 1. The van der Waals surface area contributed by atoms with Crippen molar-refractivity contribution in [2.75, 3.05) is 12.4 Å². The van der Waals surface area contributed by atoms with Crippen LogP contribution in [0, 0.1) is 0 Å². The standard InChI is InChI=1S/C19H25N3O2.HI/c1-4-13-8-6-9-14(5-2)17(13)22-19(20)21-12-15-10-7-11-16(24-3)18(15)23;/h6-11,23H,4-5,12H2,1-3H3,(H3,20,21,22);1H. The zero-order chi connectivity index (χ0) is 17.5. The van der Waals surface area contributed by atoms with E-state index in [4.69, 9.17) is 10.5 Å². The SMILES string of the molecule is CCc1cccc(CC)c1NC(N)=NCc1cccc(OC)c1O.I. The molecule has 0 fully saturated rings. The number of phenols is 1. The van der Waals surface area contributed by atoms with Crippen molar-refractivity contribution < 1.29 is 9.84 Å². The van der Waals surface area contributed by atoms with E-state index in [1.807, 2.05) is 6.07 Å². The molecular formula is C19H26IN3O2. The van der Waals surface area contributed by atoms with Crippen molar-refractivity contribution in [3.8, 4) is 11.5 Å². The fourth-order valence-electron chi connectivity index (χ4n) is 2.60. The van der Waals surface area contributed by atoms with Gasteiger partial charge < -0.3 is 20.9 Å². The van der Waals surface area contributed by atoms with Gasteiger partial charge in [0.05, 0.1) is 13.7 Å². The van der Waals surface area contributed by atoms with Crippen LogP contribution in [0.3, 0.4) is 0 Å². The Hall–Kier alpha value is -1.96. The number of phenolic OH excluding ortho intramolecular Hbond substituents is 1. The topological polar surface area (TPSA) is 79.9 Å². The molecule has 0 saturated heterocycles. The molecule has 0 amide bonds. The van der Waals surface area contributed by atoms with Crippen LogP contribution in [0.15, 0.2) is 41.4 Å². The number of nitrogens with two attached hydrogens (primary N) is 1. The van der Waals surface area contributed by atoms with E-state index in [1.165, 1.54) is 18.2 Å². The van der Waals surface area contributed by atoms with Crippen molar-refractivity contribution >= 4 is 35.6 Å². The second-order valence-corrected chi connectivity index (χ2v) is 5.45. The molecule has 2 rings (SSSR count). The highest BCUT2D eigenvalue weighted by Gasteiger charge is 2.09. The van der Waals surface area contributed by atoms with Crippen molar-refractivity contribution in [2.24, 2.45) is 10.7 Å². The number of benzene rings is 2. The molecule has 0 bridgehead atoms. The molecule has 0 radical (unpaired) electrons. The predicted octanol–water partition coefficient (Wildman–Crippen LogP) is 4.07. The molecule has 0 aliphatic carbocycles. The molecule has 0 saturated carbocycles. The Labute approximate surface area is 166 Å². The number of ether oxygens (including phenoxy) is 1. The lowest BCUT2D eigenvalue weighted by Gasteiger charge is -2.15. The Bertz CT molecular complexity index is 710. The fourth-order valence-corrected chi connectivity index (χ4v) is 2.60. The smallest absolute Gasteiger partial charge is 0.193 e. The zero-order valence-electron chi connectivity index (χ0n) is 14.9. The van der Waals surface area contributed by atoms with Crippen LogP contribution in [-0.2, 0) is 19.4 Å². The number of halogens is 1. The maximum absolute atomic E-state index is 10.1. The Morgan fingerprint density at radius 1 is 1.08 bits per heavy atom. The third-order valence-electron chi connectivity index (χ3n) is 3.97. The molecule has 25 heavy (non-hydrogen) atoms. The van der Waals surface area contributed by atoms with Crippen LogP contribution in [0.25, 0.3) is 0 Å². The average molecular weight is 455 g/mol. The van der Waals surface area contributed by atoms with Crippen molar-refractivity contribution in [1.82, 2.24) is 0 Å². The summed E-state index contributed by atoms with van der Waals surface area (Å²) < 4.78 is 5.10. The van der Waals surface area contributed by atoms with Crippen molar-refractivity contribution in [3.05, 3.63) is 53.1 Å². The van der Waals surface area contributed by atoms with E-state index in [0.29, 0.717) is 17.3 Å². The molecule has 0 aliphatic rings. The van der Waals surface area contributed by atoms with E-state index in [1.54, 1.807) is 12.1 Å². The van der Waals surface area contributed by atoms with Crippen molar-refractivity contribution in [3.63, 3.8) is 0 Å². The van der Waals surface area contributed by atoms with Gasteiger partial charge in [0.25, 0.3) is 0 Å². The monoisotopic (exact) mass is 455 g/mol. The van der Waals surface area contributed by atoms with Gasteiger partial charge in [-0.15, -0.1) is 24.0 Å². The van der Waals surface area contributed by atoms with Gasteiger partial charge >= 0.3 is 0 Å². The lowest BCUT2D eigenvalue weighted by atomic mass is 10.0. The Balaban J connectivity index is 0.00000312. The van der Waals surface area contributed by atoms with Gasteiger partial charge in [-0.2, -0.15) is 0 Å². The normalized spacial score (nSPS) is 10.9. The van der Waals surface area contributed by atoms with Crippen LogP contribution in [0.4, 0.5) is 5.69 Å². The second-order valence-electron chi connectivity index (χ2n) is 5.45. The summed E-state index contributed by atoms with van der Waals surface area (Å²) in [7, 11) is 1.52. The van der Waals surface area contributed by atoms with Crippen LogP contribution in [0.1, 0.15) is 30.5 Å². The minimum Gasteiger partial charge on any atom is -0.504 e. The Morgan fingerprint density at radius 3 is 2.20 bits per heavy atom. The zero-order valence-corrected chi connectivity index (χ0v) is 17.2. The molecule has 0 unspecified atom stereocenters. The lowest BCUT2D eigenvalue weighted by Crippen LogP contribution is -2.24. The summed E-state index contributed by atoms with van der Waals surface area (Å²) in [6.07, 6.45) is 1.83. The number of guanidine groups is 1. The van der Waals surface area contributed by atoms with Crippen LogP contribution in [0.2, 0.25) is 0 Å². The fraction of sp³-hybridized carbons (Fsp3) is 0.316. The van der Waals surface area contributed by atoms with Gasteiger partial charge in [-0.25, -0.2) is 4.99 Å². The summed E-state index contributed by atoms with van der Waals surface area (Å²) in [5.74, 6) is 0.853. The first-order valence-electron chi connectivity index (χ1n) is 8.13. The van der Waals surface area contributed by atoms with E-state index in [2.05, 4.69) is 42.4 Å². The van der Waals surface area contributed by atoms with Gasteiger partial charge in [0.2, 0.25) is 0 Å². The summed E-state index contributed by atoms with van der Waals surface area (Å²) >= 11 is 0. The third kappa shape index (κ3) is 5.26. The summed E-state index contributed by atoms with van der Waals surface area (Å²) in [4.78, 5) is 4.34. The summed E-state index contributed by atoms with van der Waals surface area (Å²) in [5.41, 5.74) is 10.1. The van der Waals surface area contributed by atoms with Crippen molar-refractivity contribution in [2.45, 2.75) is 33.2 Å². The van der Waals surface area contributed by atoms with Crippen LogP contribution in [0.5, 0.6) is 11.5 Å². The largest absolute Gasteiger partial charge is 0.504 e. The number of aliphatic imine (C=N–C) groups is 1. The maximum atomic E-state index is 10.1. The predicted molar refractivity (Wildman–Crippen MR) is 114 cm³/mol. The molecule has 6 heteroatoms. The molecule has 0 aliphatic heterocycles. The first-order valence-corrected chi connectivity index (χ1v) is 8.13. The Morgan fingerprint density at radius 2 is 1.64 bits per heavy atom.